The summed E-state index contributed by atoms with van der Waals surface area (Å²) in [4.78, 5) is 8.33. The highest BCUT2D eigenvalue weighted by molar-refractivity contribution is 6.30. The standard InChI is InChI=1S/C15H12ClN3O/c16-12-6-13(8-18-7-12)20-9-11-5-10-3-1-2-4-14(10)19-15(11)17/h1-8H,9H2,(H2,17,19). The highest BCUT2D eigenvalue weighted by atomic mass is 35.5. The zero-order valence-corrected chi connectivity index (χ0v) is 11.3. The molecule has 0 aliphatic carbocycles. The maximum atomic E-state index is 5.95. The van der Waals surface area contributed by atoms with E-state index < -0.39 is 0 Å². The zero-order valence-electron chi connectivity index (χ0n) is 10.6. The average molecular weight is 286 g/mol. The minimum absolute atomic E-state index is 0.325. The quantitative estimate of drug-likeness (QED) is 0.801. The van der Waals surface area contributed by atoms with Gasteiger partial charge < -0.3 is 10.5 Å². The number of hydrogen-bond donors (Lipinski definition) is 1. The number of benzene rings is 1. The first-order chi connectivity index (χ1) is 9.72. The molecule has 5 heteroatoms. The second-order valence-corrected chi connectivity index (χ2v) is 4.79. The molecular formula is C15H12ClN3O. The van der Waals surface area contributed by atoms with Crippen LogP contribution >= 0.6 is 11.6 Å². The van der Waals surface area contributed by atoms with E-state index >= 15 is 0 Å². The molecule has 0 bridgehead atoms. The lowest BCUT2D eigenvalue weighted by Crippen LogP contribution is -2.03. The third kappa shape index (κ3) is 2.65. The lowest BCUT2D eigenvalue weighted by atomic mass is 10.1. The fourth-order valence-corrected chi connectivity index (χ4v) is 2.09. The first-order valence-electron chi connectivity index (χ1n) is 6.10. The summed E-state index contributed by atoms with van der Waals surface area (Å²) < 4.78 is 5.64. The molecule has 0 aliphatic rings. The van der Waals surface area contributed by atoms with Crippen LogP contribution < -0.4 is 10.5 Å². The van der Waals surface area contributed by atoms with Crippen molar-refractivity contribution in [2.45, 2.75) is 6.61 Å². The molecule has 1 aromatic carbocycles. The Hall–Kier alpha value is -2.33. The van der Waals surface area contributed by atoms with Gasteiger partial charge in [-0.15, -0.1) is 0 Å². The summed E-state index contributed by atoms with van der Waals surface area (Å²) in [5, 5.41) is 1.57. The average Bonchev–Trinajstić information content (AvgIpc) is 2.45. The Morgan fingerprint density at radius 2 is 2.00 bits per heavy atom. The van der Waals surface area contributed by atoms with Crippen LogP contribution in [-0.2, 0) is 6.61 Å². The van der Waals surface area contributed by atoms with E-state index in [-0.39, 0.29) is 0 Å². The van der Waals surface area contributed by atoms with Gasteiger partial charge in [0.25, 0.3) is 0 Å². The van der Waals surface area contributed by atoms with Crippen molar-refractivity contribution in [3.05, 3.63) is 59.4 Å². The lowest BCUT2D eigenvalue weighted by Gasteiger charge is -2.09. The Labute approximate surface area is 121 Å². The van der Waals surface area contributed by atoms with E-state index in [9.17, 15) is 0 Å². The molecule has 0 amide bonds. The molecule has 2 aromatic heterocycles. The van der Waals surface area contributed by atoms with Crippen molar-refractivity contribution in [3.63, 3.8) is 0 Å². The van der Waals surface area contributed by atoms with Gasteiger partial charge in [0.1, 0.15) is 18.2 Å². The monoisotopic (exact) mass is 285 g/mol. The highest BCUT2D eigenvalue weighted by Gasteiger charge is 2.05. The minimum Gasteiger partial charge on any atom is -0.487 e. The van der Waals surface area contributed by atoms with E-state index in [1.807, 2.05) is 30.3 Å². The first kappa shape index (κ1) is 12.7. The third-order valence-corrected chi connectivity index (χ3v) is 3.12. The number of nitrogens with two attached hydrogens (primary N) is 1. The summed E-state index contributed by atoms with van der Waals surface area (Å²) in [6, 6.07) is 11.5. The molecule has 0 saturated carbocycles. The lowest BCUT2D eigenvalue weighted by molar-refractivity contribution is 0.305. The number of aromatic nitrogens is 2. The van der Waals surface area contributed by atoms with Crippen molar-refractivity contribution in [2.75, 3.05) is 5.73 Å². The van der Waals surface area contributed by atoms with Crippen molar-refractivity contribution >= 4 is 28.3 Å². The third-order valence-electron chi connectivity index (χ3n) is 2.91. The zero-order chi connectivity index (χ0) is 13.9. The number of rotatable bonds is 3. The van der Waals surface area contributed by atoms with Crippen LogP contribution in [0, 0.1) is 0 Å². The van der Waals surface area contributed by atoms with Crippen LogP contribution in [0.5, 0.6) is 5.75 Å². The number of nitrogen functional groups attached to an aromatic ring is 1. The fraction of sp³-hybridized carbons (Fsp3) is 0.0667. The maximum absolute atomic E-state index is 5.95. The summed E-state index contributed by atoms with van der Waals surface area (Å²) in [6.07, 6.45) is 3.16. The largest absolute Gasteiger partial charge is 0.487 e. The van der Waals surface area contributed by atoms with E-state index in [1.165, 1.54) is 0 Å². The van der Waals surface area contributed by atoms with Crippen LogP contribution in [0.15, 0.2) is 48.8 Å². The molecule has 2 heterocycles. The Kier molecular flexibility index (Phi) is 3.39. The Balaban J connectivity index is 1.85. The number of halogens is 1. The molecule has 0 spiro atoms. The molecule has 20 heavy (non-hydrogen) atoms. The molecule has 0 atom stereocenters. The molecule has 3 rings (SSSR count). The summed E-state index contributed by atoms with van der Waals surface area (Å²) in [5.41, 5.74) is 7.66. The second kappa shape index (κ2) is 5.35. The molecule has 0 saturated heterocycles. The highest BCUT2D eigenvalue weighted by Crippen LogP contribution is 2.21. The molecule has 4 nitrogen and oxygen atoms in total. The minimum atomic E-state index is 0.325. The van der Waals surface area contributed by atoms with Crippen molar-refractivity contribution < 1.29 is 4.74 Å². The maximum Gasteiger partial charge on any atom is 0.139 e. The normalized spacial score (nSPS) is 10.7. The molecule has 0 aliphatic heterocycles. The Morgan fingerprint density at radius 3 is 2.85 bits per heavy atom. The number of para-hydroxylation sites is 1. The first-order valence-corrected chi connectivity index (χ1v) is 6.47. The molecular weight excluding hydrogens is 274 g/mol. The number of nitrogens with zero attached hydrogens (tertiary/aromatic N) is 2. The van der Waals surface area contributed by atoms with Crippen molar-refractivity contribution in [2.24, 2.45) is 0 Å². The van der Waals surface area contributed by atoms with Gasteiger partial charge in [-0.05, 0) is 12.1 Å². The molecule has 3 aromatic rings. The number of pyridine rings is 2. The topological polar surface area (TPSA) is 61.0 Å². The van der Waals surface area contributed by atoms with Gasteiger partial charge in [0.15, 0.2) is 0 Å². The molecule has 100 valence electrons. The fourth-order valence-electron chi connectivity index (χ4n) is 1.92. The van der Waals surface area contributed by atoms with Gasteiger partial charge in [0.2, 0.25) is 0 Å². The van der Waals surface area contributed by atoms with Gasteiger partial charge in [0.05, 0.1) is 16.7 Å². The van der Waals surface area contributed by atoms with Crippen molar-refractivity contribution in [1.29, 1.82) is 0 Å². The van der Waals surface area contributed by atoms with Gasteiger partial charge in [-0.2, -0.15) is 0 Å². The number of hydrogen-bond acceptors (Lipinski definition) is 4. The number of ether oxygens (including phenoxy) is 1. The van der Waals surface area contributed by atoms with Crippen LogP contribution in [0.2, 0.25) is 5.02 Å². The van der Waals surface area contributed by atoms with E-state index in [0.29, 0.717) is 23.2 Å². The van der Waals surface area contributed by atoms with Crippen molar-refractivity contribution in [3.8, 4) is 5.75 Å². The van der Waals surface area contributed by atoms with Gasteiger partial charge >= 0.3 is 0 Å². The number of fused-ring (bicyclic) bond motifs is 1. The predicted molar refractivity (Wildman–Crippen MR) is 79.7 cm³/mol. The van der Waals surface area contributed by atoms with Gasteiger partial charge in [-0.3, -0.25) is 4.98 Å². The van der Waals surface area contributed by atoms with E-state index in [1.54, 1.807) is 18.5 Å². The van der Waals surface area contributed by atoms with Gasteiger partial charge in [-0.25, -0.2) is 4.98 Å². The predicted octanol–water partition coefficient (Wildman–Crippen LogP) is 3.44. The van der Waals surface area contributed by atoms with Crippen LogP contribution in [0.25, 0.3) is 10.9 Å². The Bertz CT molecular complexity index is 761. The second-order valence-electron chi connectivity index (χ2n) is 4.35. The smallest absolute Gasteiger partial charge is 0.139 e. The summed E-state index contributed by atoms with van der Waals surface area (Å²) in [7, 11) is 0. The van der Waals surface area contributed by atoms with Crippen molar-refractivity contribution in [1.82, 2.24) is 9.97 Å². The number of anilines is 1. The molecule has 0 unspecified atom stereocenters. The van der Waals surface area contributed by atoms with Gasteiger partial charge in [0, 0.05) is 23.2 Å². The van der Waals surface area contributed by atoms with E-state index in [4.69, 9.17) is 22.1 Å². The van der Waals surface area contributed by atoms with Crippen LogP contribution in [0.1, 0.15) is 5.56 Å². The molecule has 2 N–H and O–H groups in total. The summed E-state index contributed by atoms with van der Waals surface area (Å²) >= 11 is 5.86. The Morgan fingerprint density at radius 1 is 1.15 bits per heavy atom. The van der Waals surface area contributed by atoms with Crippen LogP contribution in [0.4, 0.5) is 5.82 Å². The molecule has 0 fully saturated rings. The van der Waals surface area contributed by atoms with E-state index in [2.05, 4.69) is 9.97 Å². The van der Waals surface area contributed by atoms with E-state index in [0.717, 1.165) is 16.5 Å². The molecule has 0 radical (unpaired) electrons. The summed E-state index contributed by atoms with van der Waals surface area (Å²) in [6.45, 7) is 0.325. The van der Waals surface area contributed by atoms with Crippen LogP contribution in [-0.4, -0.2) is 9.97 Å². The summed E-state index contributed by atoms with van der Waals surface area (Å²) in [5.74, 6) is 1.07. The van der Waals surface area contributed by atoms with Gasteiger partial charge in [-0.1, -0.05) is 29.8 Å². The van der Waals surface area contributed by atoms with Crippen LogP contribution in [0.3, 0.4) is 0 Å². The SMILES string of the molecule is Nc1nc2ccccc2cc1COc1cncc(Cl)c1.